The Bertz CT molecular complexity index is 298. The lowest BCUT2D eigenvalue weighted by Gasteiger charge is -2.34. The second-order valence-corrected chi connectivity index (χ2v) is 5.80. The first-order valence-electron chi connectivity index (χ1n) is 6.48. The van der Waals surface area contributed by atoms with Crippen molar-refractivity contribution < 1.29 is 4.79 Å². The number of thiocarbonyl (C=S) groups is 1. The summed E-state index contributed by atoms with van der Waals surface area (Å²) >= 11 is 4.91. The molecule has 0 aliphatic heterocycles. The highest BCUT2D eigenvalue weighted by Crippen LogP contribution is 2.42. The minimum atomic E-state index is -0.112. The van der Waals surface area contributed by atoms with Crippen LogP contribution in [0.2, 0.25) is 0 Å². The lowest BCUT2D eigenvalue weighted by molar-refractivity contribution is -0.142. The van der Waals surface area contributed by atoms with E-state index in [9.17, 15) is 4.79 Å². The van der Waals surface area contributed by atoms with Gasteiger partial charge in [-0.1, -0.05) is 32.0 Å². The van der Waals surface area contributed by atoms with Crippen LogP contribution >= 0.6 is 12.2 Å². The number of rotatable bonds is 5. The summed E-state index contributed by atoms with van der Waals surface area (Å²) in [5.41, 5.74) is 5.43. The number of carbonyl (C=O) groups excluding carboxylic acids is 1. The summed E-state index contributed by atoms with van der Waals surface area (Å²) in [6.45, 7) is 4.13. The lowest BCUT2D eigenvalue weighted by atomic mass is 9.81. The first kappa shape index (κ1) is 14.4. The number of nitrogens with zero attached hydrogens (tertiary/aromatic N) is 1. The Morgan fingerprint density at radius 2 is 2.00 bits per heavy atom. The molecule has 1 fully saturated rings. The van der Waals surface area contributed by atoms with Crippen LogP contribution in [0.5, 0.6) is 0 Å². The third-order valence-corrected chi connectivity index (χ3v) is 4.34. The van der Waals surface area contributed by atoms with Crippen LogP contribution in [0.1, 0.15) is 52.4 Å². The average Bonchev–Trinajstić information content (AvgIpc) is 2.75. The first-order chi connectivity index (χ1) is 7.93. The predicted molar refractivity (Wildman–Crippen MR) is 74.8 cm³/mol. The van der Waals surface area contributed by atoms with Gasteiger partial charge in [-0.25, -0.2) is 0 Å². The van der Waals surface area contributed by atoms with Gasteiger partial charge in [0.05, 0.1) is 4.99 Å². The third kappa shape index (κ3) is 3.18. The standard InChI is InChI=1S/C13H24N2OS/c1-4-13(7-5-6-8-13)12(16)15(3)10(2)9-11(14)17/h10H,4-9H2,1-3H3,(H2,14,17). The van der Waals surface area contributed by atoms with Crippen LogP contribution in [0.4, 0.5) is 0 Å². The Kier molecular flexibility index (Phi) is 4.92. The van der Waals surface area contributed by atoms with Crippen molar-refractivity contribution in [1.82, 2.24) is 4.90 Å². The maximum absolute atomic E-state index is 12.6. The van der Waals surface area contributed by atoms with E-state index < -0.39 is 0 Å². The summed E-state index contributed by atoms with van der Waals surface area (Å²) in [6.07, 6.45) is 5.97. The molecule has 1 unspecified atom stereocenters. The van der Waals surface area contributed by atoms with E-state index in [4.69, 9.17) is 18.0 Å². The molecular formula is C13H24N2OS. The maximum atomic E-state index is 12.6. The molecule has 1 aliphatic rings. The molecule has 0 bridgehead atoms. The van der Waals surface area contributed by atoms with Crippen LogP contribution in [0, 0.1) is 5.41 Å². The monoisotopic (exact) mass is 256 g/mol. The molecule has 0 spiro atoms. The Morgan fingerprint density at radius 3 is 2.41 bits per heavy atom. The molecule has 1 amide bonds. The van der Waals surface area contributed by atoms with E-state index in [0.717, 1.165) is 19.3 Å². The van der Waals surface area contributed by atoms with Crippen molar-refractivity contribution in [1.29, 1.82) is 0 Å². The summed E-state index contributed by atoms with van der Waals surface area (Å²) in [5, 5.41) is 0. The van der Waals surface area contributed by atoms with Gasteiger partial charge in [0.1, 0.15) is 0 Å². The van der Waals surface area contributed by atoms with Gasteiger partial charge in [0.2, 0.25) is 5.91 Å². The zero-order chi connectivity index (χ0) is 13.1. The van der Waals surface area contributed by atoms with E-state index in [1.165, 1.54) is 12.8 Å². The van der Waals surface area contributed by atoms with E-state index in [0.29, 0.717) is 11.4 Å². The van der Waals surface area contributed by atoms with Crippen LogP contribution < -0.4 is 5.73 Å². The fraction of sp³-hybridized carbons (Fsp3) is 0.846. The number of hydrogen-bond acceptors (Lipinski definition) is 2. The van der Waals surface area contributed by atoms with Crippen molar-refractivity contribution in [2.45, 2.75) is 58.4 Å². The predicted octanol–water partition coefficient (Wildman–Crippen LogP) is 2.48. The fourth-order valence-electron chi connectivity index (χ4n) is 2.77. The zero-order valence-corrected chi connectivity index (χ0v) is 12.0. The number of amides is 1. The Morgan fingerprint density at radius 1 is 1.47 bits per heavy atom. The van der Waals surface area contributed by atoms with E-state index in [2.05, 4.69) is 6.92 Å². The Labute approximate surface area is 110 Å². The molecule has 0 aromatic rings. The van der Waals surface area contributed by atoms with Gasteiger partial charge in [-0.05, 0) is 26.2 Å². The molecule has 1 atom stereocenters. The minimum absolute atomic E-state index is 0.101. The normalized spacial score (nSPS) is 19.9. The smallest absolute Gasteiger partial charge is 0.228 e. The molecule has 0 heterocycles. The number of carbonyl (C=O) groups is 1. The molecule has 0 aromatic carbocycles. The summed E-state index contributed by atoms with van der Waals surface area (Å²) in [6, 6.07) is 0.101. The molecule has 0 saturated heterocycles. The van der Waals surface area contributed by atoms with Gasteiger partial charge < -0.3 is 10.6 Å². The highest BCUT2D eigenvalue weighted by molar-refractivity contribution is 7.80. The topological polar surface area (TPSA) is 46.3 Å². The molecule has 1 saturated carbocycles. The number of hydrogen-bond donors (Lipinski definition) is 1. The highest BCUT2D eigenvalue weighted by Gasteiger charge is 2.41. The third-order valence-electron chi connectivity index (χ3n) is 4.17. The van der Waals surface area contributed by atoms with Gasteiger partial charge >= 0.3 is 0 Å². The van der Waals surface area contributed by atoms with E-state index >= 15 is 0 Å². The molecule has 0 aromatic heterocycles. The van der Waals surface area contributed by atoms with Crippen molar-refractivity contribution in [3.05, 3.63) is 0 Å². The van der Waals surface area contributed by atoms with Crippen LogP contribution in [0.3, 0.4) is 0 Å². The van der Waals surface area contributed by atoms with E-state index in [1.54, 1.807) is 0 Å². The second-order valence-electron chi connectivity index (χ2n) is 5.28. The van der Waals surface area contributed by atoms with Gasteiger partial charge in [0.15, 0.2) is 0 Å². The van der Waals surface area contributed by atoms with Crippen LogP contribution in [0.15, 0.2) is 0 Å². The van der Waals surface area contributed by atoms with Gasteiger partial charge in [0.25, 0.3) is 0 Å². The van der Waals surface area contributed by atoms with E-state index in [1.807, 2.05) is 18.9 Å². The van der Waals surface area contributed by atoms with E-state index in [-0.39, 0.29) is 17.4 Å². The molecule has 17 heavy (non-hydrogen) atoms. The van der Waals surface area contributed by atoms with Crippen molar-refractivity contribution in [2.75, 3.05) is 7.05 Å². The largest absolute Gasteiger partial charge is 0.393 e. The quantitative estimate of drug-likeness (QED) is 0.769. The Hall–Kier alpha value is -0.640. The highest BCUT2D eigenvalue weighted by atomic mass is 32.1. The van der Waals surface area contributed by atoms with Crippen molar-refractivity contribution >= 4 is 23.1 Å². The minimum Gasteiger partial charge on any atom is -0.393 e. The molecule has 98 valence electrons. The van der Waals surface area contributed by atoms with Crippen molar-refractivity contribution in [3.8, 4) is 0 Å². The van der Waals surface area contributed by atoms with Crippen LogP contribution in [-0.2, 0) is 4.79 Å². The molecule has 2 N–H and O–H groups in total. The molecule has 3 nitrogen and oxygen atoms in total. The van der Waals surface area contributed by atoms with Crippen LogP contribution in [0.25, 0.3) is 0 Å². The van der Waals surface area contributed by atoms with Crippen LogP contribution in [-0.4, -0.2) is 28.9 Å². The fourth-order valence-corrected chi connectivity index (χ4v) is 3.01. The SMILES string of the molecule is CCC1(C(=O)N(C)C(C)CC(N)=S)CCCC1. The van der Waals surface area contributed by atoms with Gasteiger partial charge in [-0.15, -0.1) is 0 Å². The molecule has 1 rings (SSSR count). The lowest BCUT2D eigenvalue weighted by Crippen LogP contribution is -2.45. The molecule has 0 radical (unpaired) electrons. The first-order valence-corrected chi connectivity index (χ1v) is 6.89. The van der Waals surface area contributed by atoms with Gasteiger partial charge in [-0.2, -0.15) is 0 Å². The average molecular weight is 256 g/mol. The zero-order valence-electron chi connectivity index (χ0n) is 11.2. The van der Waals surface area contributed by atoms with Crippen molar-refractivity contribution in [3.63, 3.8) is 0 Å². The summed E-state index contributed by atoms with van der Waals surface area (Å²) in [7, 11) is 1.88. The molecule has 4 heteroatoms. The summed E-state index contributed by atoms with van der Waals surface area (Å²) < 4.78 is 0. The summed E-state index contributed by atoms with van der Waals surface area (Å²) in [4.78, 5) is 14.9. The van der Waals surface area contributed by atoms with Gasteiger partial charge in [-0.3, -0.25) is 4.79 Å². The molecule has 1 aliphatic carbocycles. The maximum Gasteiger partial charge on any atom is 0.228 e. The van der Waals surface area contributed by atoms with Crippen molar-refractivity contribution in [2.24, 2.45) is 11.1 Å². The second kappa shape index (κ2) is 5.80. The summed E-state index contributed by atoms with van der Waals surface area (Å²) in [5.74, 6) is 0.279. The molecular weight excluding hydrogens is 232 g/mol. The van der Waals surface area contributed by atoms with Gasteiger partial charge in [0, 0.05) is 24.9 Å². The number of nitrogens with two attached hydrogens (primary N) is 1. The Balaban J connectivity index is 2.70.